The van der Waals surface area contributed by atoms with Gasteiger partial charge >= 0.3 is 0 Å². The van der Waals surface area contributed by atoms with Gasteiger partial charge in [-0.3, -0.25) is 4.99 Å². The van der Waals surface area contributed by atoms with Gasteiger partial charge in [0.15, 0.2) is 5.96 Å². The second-order valence-electron chi connectivity index (χ2n) is 6.44. The van der Waals surface area contributed by atoms with Crippen LogP contribution in [0.1, 0.15) is 44.1 Å². The number of hydrogen-bond donors (Lipinski definition) is 3. The second-order valence-corrected chi connectivity index (χ2v) is 6.44. The summed E-state index contributed by atoms with van der Waals surface area (Å²) in [5.74, 6) is 0.954. The van der Waals surface area contributed by atoms with Crippen LogP contribution in [0.15, 0.2) is 35.5 Å². The molecule has 1 heterocycles. The Labute approximate surface area is 138 Å². The Kier molecular flexibility index (Phi) is 5.56. The van der Waals surface area contributed by atoms with Crippen LogP contribution in [0.25, 0.3) is 10.9 Å². The Hall–Kier alpha value is -1.97. The van der Waals surface area contributed by atoms with E-state index in [1.807, 2.05) is 7.05 Å². The summed E-state index contributed by atoms with van der Waals surface area (Å²) in [4.78, 5) is 7.70. The Morgan fingerprint density at radius 2 is 2.04 bits per heavy atom. The molecule has 0 spiro atoms. The zero-order chi connectivity index (χ0) is 15.9. The van der Waals surface area contributed by atoms with Crippen molar-refractivity contribution in [1.82, 2.24) is 15.6 Å². The number of nitrogens with one attached hydrogen (secondary N) is 3. The summed E-state index contributed by atoms with van der Waals surface area (Å²) < 4.78 is 0. The van der Waals surface area contributed by atoms with Crippen LogP contribution in [0, 0.1) is 0 Å². The van der Waals surface area contributed by atoms with Crippen LogP contribution in [0.5, 0.6) is 0 Å². The van der Waals surface area contributed by atoms with Crippen molar-refractivity contribution in [1.29, 1.82) is 0 Å². The minimum absolute atomic E-state index is 0.601. The van der Waals surface area contributed by atoms with Crippen molar-refractivity contribution in [2.24, 2.45) is 4.99 Å². The lowest BCUT2D eigenvalue weighted by Gasteiger charge is -2.24. The Bertz CT molecular complexity index is 638. The van der Waals surface area contributed by atoms with Crippen molar-refractivity contribution in [3.8, 4) is 0 Å². The highest BCUT2D eigenvalue weighted by Gasteiger charge is 2.14. The van der Waals surface area contributed by atoms with Crippen LogP contribution in [0.3, 0.4) is 0 Å². The zero-order valence-corrected chi connectivity index (χ0v) is 14.1. The van der Waals surface area contributed by atoms with E-state index in [0.717, 1.165) is 25.3 Å². The Balaban J connectivity index is 1.43. The van der Waals surface area contributed by atoms with Crippen molar-refractivity contribution in [2.45, 2.75) is 51.0 Å². The lowest BCUT2D eigenvalue weighted by atomic mass is 9.96. The number of rotatable bonds is 5. The van der Waals surface area contributed by atoms with Gasteiger partial charge in [0.25, 0.3) is 0 Å². The predicted molar refractivity (Wildman–Crippen MR) is 98.0 cm³/mol. The van der Waals surface area contributed by atoms with Gasteiger partial charge in [0.2, 0.25) is 0 Å². The molecule has 23 heavy (non-hydrogen) atoms. The van der Waals surface area contributed by atoms with Gasteiger partial charge in [0.1, 0.15) is 0 Å². The largest absolute Gasteiger partial charge is 0.361 e. The lowest BCUT2D eigenvalue weighted by molar-refractivity contribution is 0.410. The highest BCUT2D eigenvalue weighted by Crippen LogP contribution is 2.19. The molecule has 1 fully saturated rings. The molecule has 0 saturated heterocycles. The second kappa shape index (κ2) is 8.04. The molecule has 0 unspecified atom stereocenters. The molecule has 0 amide bonds. The average Bonchev–Trinajstić information content (AvgIpc) is 3.02. The fraction of sp³-hybridized carbons (Fsp3) is 0.526. The van der Waals surface area contributed by atoms with Gasteiger partial charge in [-0.2, -0.15) is 0 Å². The van der Waals surface area contributed by atoms with E-state index in [1.165, 1.54) is 48.6 Å². The number of aromatic nitrogens is 1. The smallest absolute Gasteiger partial charge is 0.191 e. The maximum atomic E-state index is 4.35. The highest BCUT2D eigenvalue weighted by atomic mass is 15.2. The topological polar surface area (TPSA) is 52.2 Å². The molecule has 0 bridgehead atoms. The average molecular weight is 312 g/mol. The van der Waals surface area contributed by atoms with E-state index < -0.39 is 0 Å². The standard InChI is InChI=1S/C19H28N4/c1-20-19(23-16-9-3-2-4-10-16)21-13-7-8-15-14-22-18-12-6-5-11-17(15)18/h5-6,11-12,14,16,22H,2-4,7-10,13H2,1H3,(H2,20,21,23). The molecule has 1 aliphatic carbocycles. The van der Waals surface area contributed by atoms with Gasteiger partial charge in [-0.15, -0.1) is 0 Å². The van der Waals surface area contributed by atoms with E-state index in [-0.39, 0.29) is 0 Å². The maximum Gasteiger partial charge on any atom is 0.191 e. The monoisotopic (exact) mass is 312 g/mol. The maximum absolute atomic E-state index is 4.35. The van der Waals surface area contributed by atoms with E-state index in [9.17, 15) is 0 Å². The molecule has 3 rings (SSSR count). The molecule has 0 aliphatic heterocycles. The summed E-state index contributed by atoms with van der Waals surface area (Å²) in [5.41, 5.74) is 2.63. The molecule has 1 aromatic carbocycles. The van der Waals surface area contributed by atoms with Crippen molar-refractivity contribution < 1.29 is 0 Å². The number of guanidine groups is 1. The first-order chi connectivity index (χ1) is 11.4. The number of aliphatic imine (C=N–C) groups is 1. The van der Waals surface area contributed by atoms with Crippen molar-refractivity contribution in [3.63, 3.8) is 0 Å². The molecule has 0 atom stereocenters. The number of para-hydroxylation sites is 1. The lowest BCUT2D eigenvalue weighted by Crippen LogP contribution is -2.44. The molecule has 4 heteroatoms. The molecule has 124 valence electrons. The number of aromatic amines is 1. The third kappa shape index (κ3) is 4.27. The Morgan fingerprint density at radius 3 is 2.87 bits per heavy atom. The number of nitrogens with zero attached hydrogens (tertiary/aromatic N) is 1. The molecule has 2 aromatic rings. The summed E-state index contributed by atoms with van der Waals surface area (Å²) in [6.07, 6.45) is 10.9. The van der Waals surface area contributed by atoms with E-state index in [4.69, 9.17) is 0 Å². The number of aryl methyl sites for hydroxylation is 1. The fourth-order valence-corrected chi connectivity index (χ4v) is 3.46. The van der Waals surface area contributed by atoms with Crippen molar-refractivity contribution in [2.75, 3.05) is 13.6 Å². The first kappa shape index (κ1) is 15.9. The van der Waals surface area contributed by atoms with Crippen molar-refractivity contribution >= 4 is 16.9 Å². The first-order valence-corrected chi connectivity index (χ1v) is 8.89. The predicted octanol–water partition coefficient (Wildman–Crippen LogP) is 3.60. The third-order valence-electron chi connectivity index (χ3n) is 4.76. The molecule has 1 aliphatic rings. The fourth-order valence-electron chi connectivity index (χ4n) is 3.46. The van der Waals surface area contributed by atoms with E-state index in [1.54, 1.807) is 0 Å². The Morgan fingerprint density at radius 1 is 1.22 bits per heavy atom. The van der Waals surface area contributed by atoms with Gasteiger partial charge in [0, 0.05) is 36.7 Å². The third-order valence-corrected chi connectivity index (χ3v) is 4.76. The molecule has 3 N–H and O–H groups in total. The minimum Gasteiger partial charge on any atom is -0.361 e. The summed E-state index contributed by atoms with van der Waals surface area (Å²) in [7, 11) is 1.86. The summed E-state index contributed by atoms with van der Waals surface area (Å²) in [6.45, 7) is 0.950. The molecular weight excluding hydrogens is 284 g/mol. The SMILES string of the molecule is CN=C(NCCCc1c[nH]c2ccccc12)NC1CCCCC1. The quantitative estimate of drug-likeness (QED) is 0.449. The summed E-state index contributed by atoms with van der Waals surface area (Å²) >= 11 is 0. The van der Waals surface area contributed by atoms with Crippen molar-refractivity contribution in [3.05, 3.63) is 36.0 Å². The number of H-pyrrole nitrogens is 1. The van der Waals surface area contributed by atoms with Crippen LogP contribution in [-0.2, 0) is 6.42 Å². The van der Waals surface area contributed by atoms with Gasteiger partial charge in [-0.25, -0.2) is 0 Å². The molecule has 1 saturated carbocycles. The molecular formula is C19H28N4. The van der Waals surface area contributed by atoms with Gasteiger partial charge in [0.05, 0.1) is 0 Å². The number of hydrogen-bond acceptors (Lipinski definition) is 1. The van der Waals surface area contributed by atoms with E-state index >= 15 is 0 Å². The number of fused-ring (bicyclic) bond motifs is 1. The van der Waals surface area contributed by atoms with Gasteiger partial charge < -0.3 is 15.6 Å². The van der Waals surface area contributed by atoms with Crippen LogP contribution in [0.2, 0.25) is 0 Å². The molecule has 4 nitrogen and oxygen atoms in total. The first-order valence-electron chi connectivity index (χ1n) is 8.89. The summed E-state index contributed by atoms with van der Waals surface area (Å²) in [5, 5.41) is 8.36. The van der Waals surface area contributed by atoms with Crippen LogP contribution in [-0.4, -0.2) is 30.6 Å². The van der Waals surface area contributed by atoms with Crippen LogP contribution >= 0.6 is 0 Å². The molecule has 0 radical (unpaired) electrons. The number of benzene rings is 1. The van der Waals surface area contributed by atoms with Crippen LogP contribution in [0.4, 0.5) is 0 Å². The zero-order valence-electron chi connectivity index (χ0n) is 14.1. The van der Waals surface area contributed by atoms with Crippen LogP contribution < -0.4 is 10.6 Å². The molecule has 1 aromatic heterocycles. The van der Waals surface area contributed by atoms with Gasteiger partial charge in [-0.05, 0) is 37.3 Å². The van der Waals surface area contributed by atoms with Gasteiger partial charge in [-0.1, -0.05) is 37.5 Å². The van der Waals surface area contributed by atoms with E-state index in [2.05, 4.69) is 51.1 Å². The highest BCUT2D eigenvalue weighted by molar-refractivity contribution is 5.83. The minimum atomic E-state index is 0.601. The normalized spacial score (nSPS) is 16.7. The van der Waals surface area contributed by atoms with E-state index in [0.29, 0.717) is 6.04 Å². The summed E-state index contributed by atoms with van der Waals surface area (Å²) in [6, 6.07) is 9.10.